The number of hydrogen-bond donors (Lipinski definition) is 1. The number of hydrogen-bond acceptors (Lipinski definition) is 4. The van der Waals surface area contributed by atoms with Gasteiger partial charge in [0.15, 0.2) is 11.7 Å². The van der Waals surface area contributed by atoms with Crippen molar-refractivity contribution in [3.63, 3.8) is 0 Å². The molecule has 2 rings (SSSR count). The van der Waals surface area contributed by atoms with Crippen molar-refractivity contribution in [2.45, 2.75) is 26.7 Å². The Labute approximate surface area is 107 Å². The molecule has 0 saturated carbocycles. The highest BCUT2D eigenvalue weighted by molar-refractivity contribution is 5.58. The van der Waals surface area contributed by atoms with E-state index in [0.717, 1.165) is 48.8 Å². The molecule has 5 heteroatoms. The highest BCUT2D eigenvalue weighted by Crippen LogP contribution is 2.23. The Morgan fingerprint density at radius 1 is 1.44 bits per heavy atom. The Kier molecular flexibility index (Phi) is 4.15. The minimum absolute atomic E-state index is 0.797. The van der Waals surface area contributed by atoms with Gasteiger partial charge in [0.1, 0.15) is 0 Å². The third-order valence-corrected chi connectivity index (χ3v) is 2.83. The van der Waals surface area contributed by atoms with Gasteiger partial charge in [0, 0.05) is 19.7 Å². The lowest BCUT2D eigenvalue weighted by Crippen LogP contribution is -2.14. The van der Waals surface area contributed by atoms with Crippen LogP contribution < -0.4 is 5.32 Å². The average Bonchev–Trinajstić information content (AvgIpc) is 2.91. The molecule has 0 bridgehead atoms. The first kappa shape index (κ1) is 12.8. The standard InChI is InChI=1S/C13H20N4O/c1-4-14-7-5-6-13-15-8-12(18-13)11-9-17(3)16-10(11)2/h8-9,14H,4-7H2,1-3H3. The van der Waals surface area contributed by atoms with E-state index in [1.807, 2.05) is 20.2 Å². The van der Waals surface area contributed by atoms with Gasteiger partial charge in [-0.1, -0.05) is 6.92 Å². The molecule has 0 aromatic carbocycles. The second kappa shape index (κ2) is 5.82. The van der Waals surface area contributed by atoms with E-state index >= 15 is 0 Å². The van der Waals surface area contributed by atoms with Gasteiger partial charge in [-0.05, 0) is 26.4 Å². The molecule has 0 radical (unpaired) electrons. The Hall–Kier alpha value is -1.62. The van der Waals surface area contributed by atoms with Gasteiger partial charge in [-0.3, -0.25) is 4.68 Å². The molecule has 2 aromatic heterocycles. The molecule has 0 fully saturated rings. The van der Waals surface area contributed by atoms with Gasteiger partial charge < -0.3 is 9.73 Å². The summed E-state index contributed by atoms with van der Waals surface area (Å²) in [5, 5.41) is 7.59. The lowest BCUT2D eigenvalue weighted by Gasteiger charge is -1.98. The quantitative estimate of drug-likeness (QED) is 0.794. The third kappa shape index (κ3) is 2.98. The largest absolute Gasteiger partial charge is 0.441 e. The summed E-state index contributed by atoms with van der Waals surface area (Å²) >= 11 is 0. The average molecular weight is 248 g/mol. The second-order valence-corrected chi connectivity index (χ2v) is 4.38. The SMILES string of the molecule is CCNCCCc1ncc(-c2cn(C)nc2C)o1. The molecular weight excluding hydrogens is 228 g/mol. The summed E-state index contributed by atoms with van der Waals surface area (Å²) < 4.78 is 7.54. The topological polar surface area (TPSA) is 55.9 Å². The summed E-state index contributed by atoms with van der Waals surface area (Å²) in [6.07, 6.45) is 5.65. The van der Waals surface area contributed by atoms with E-state index in [4.69, 9.17) is 4.42 Å². The minimum Gasteiger partial charge on any atom is -0.441 e. The number of nitrogens with one attached hydrogen (secondary N) is 1. The molecule has 18 heavy (non-hydrogen) atoms. The van der Waals surface area contributed by atoms with Gasteiger partial charge >= 0.3 is 0 Å². The van der Waals surface area contributed by atoms with Crippen LogP contribution in [-0.4, -0.2) is 27.9 Å². The molecule has 98 valence electrons. The Morgan fingerprint density at radius 2 is 2.28 bits per heavy atom. The summed E-state index contributed by atoms with van der Waals surface area (Å²) in [7, 11) is 1.91. The Morgan fingerprint density at radius 3 is 2.94 bits per heavy atom. The van der Waals surface area contributed by atoms with Crippen molar-refractivity contribution < 1.29 is 4.42 Å². The summed E-state index contributed by atoms with van der Waals surface area (Å²) in [6, 6.07) is 0. The molecule has 0 aliphatic carbocycles. The summed E-state index contributed by atoms with van der Waals surface area (Å²) in [6.45, 7) is 6.09. The molecule has 1 N–H and O–H groups in total. The van der Waals surface area contributed by atoms with Crippen molar-refractivity contribution in [2.24, 2.45) is 7.05 Å². The molecule has 2 aromatic rings. The van der Waals surface area contributed by atoms with Crippen LogP contribution in [0.25, 0.3) is 11.3 Å². The van der Waals surface area contributed by atoms with E-state index in [9.17, 15) is 0 Å². The van der Waals surface area contributed by atoms with Crippen LogP contribution >= 0.6 is 0 Å². The second-order valence-electron chi connectivity index (χ2n) is 4.38. The molecule has 0 aliphatic rings. The lowest BCUT2D eigenvalue weighted by atomic mass is 10.2. The summed E-state index contributed by atoms with van der Waals surface area (Å²) in [5.41, 5.74) is 1.98. The predicted molar refractivity (Wildman–Crippen MR) is 70.3 cm³/mol. The minimum atomic E-state index is 0.797. The van der Waals surface area contributed by atoms with Crippen molar-refractivity contribution in [1.29, 1.82) is 0 Å². The maximum Gasteiger partial charge on any atom is 0.194 e. The fourth-order valence-corrected chi connectivity index (χ4v) is 1.93. The molecule has 0 spiro atoms. The van der Waals surface area contributed by atoms with Crippen molar-refractivity contribution in [2.75, 3.05) is 13.1 Å². The van der Waals surface area contributed by atoms with Gasteiger partial charge in [0.25, 0.3) is 0 Å². The van der Waals surface area contributed by atoms with Crippen LogP contribution in [0.4, 0.5) is 0 Å². The van der Waals surface area contributed by atoms with Gasteiger partial charge in [-0.25, -0.2) is 4.98 Å². The molecule has 0 saturated heterocycles. The van der Waals surface area contributed by atoms with Gasteiger partial charge in [-0.2, -0.15) is 5.10 Å². The van der Waals surface area contributed by atoms with Crippen molar-refractivity contribution in [3.8, 4) is 11.3 Å². The highest BCUT2D eigenvalue weighted by Gasteiger charge is 2.11. The van der Waals surface area contributed by atoms with Crippen LogP contribution in [0, 0.1) is 6.92 Å². The van der Waals surface area contributed by atoms with Crippen LogP contribution in [-0.2, 0) is 13.5 Å². The van der Waals surface area contributed by atoms with Gasteiger partial charge in [-0.15, -0.1) is 0 Å². The first-order valence-corrected chi connectivity index (χ1v) is 6.36. The Bertz CT molecular complexity index is 501. The molecule has 5 nitrogen and oxygen atoms in total. The summed E-state index contributed by atoms with van der Waals surface area (Å²) in [4.78, 5) is 4.31. The van der Waals surface area contributed by atoms with Crippen LogP contribution in [0.1, 0.15) is 24.9 Å². The Balaban J connectivity index is 1.99. The zero-order valence-electron chi connectivity index (χ0n) is 11.2. The molecular formula is C13H20N4O. The lowest BCUT2D eigenvalue weighted by molar-refractivity contribution is 0.493. The van der Waals surface area contributed by atoms with Crippen LogP contribution in [0.5, 0.6) is 0 Å². The first-order valence-electron chi connectivity index (χ1n) is 6.36. The molecule has 0 aliphatic heterocycles. The van der Waals surface area contributed by atoms with E-state index in [1.54, 1.807) is 10.9 Å². The van der Waals surface area contributed by atoms with Crippen molar-refractivity contribution in [3.05, 3.63) is 24.0 Å². The zero-order chi connectivity index (χ0) is 13.0. The molecule has 2 heterocycles. The number of aromatic nitrogens is 3. The molecule has 0 amide bonds. The maximum absolute atomic E-state index is 5.75. The fraction of sp³-hybridized carbons (Fsp3) is 0.538. The van der Waals surface area contributed by atoms with E-state index < -0.39 is 0 Å². The zero-order valence-corrected chi connectivity index (χ0v) is 11.2. The fourth-order valence-electron chi connectivity index (χ4n) is 1.93. The maximum atomic E-state index is 5.75. The smallest absolute Gasteiger partial charge is 0.194 e. The third-order valence-electron chi connectivity index (χ3n) is 2.83. The highest BCUT2D eigenvalue weighted by atomic mass is 16.4. The number of nitrogens with zero attached hydrogens (tertiary/aromatic N) is 3. The van der Waals surface area contributed by atoms with Crippen molar-refractivity contribution in [1.82, 2.24) is 20.1 Å². The summed E-state index contributed by atoms with van der Waals surface area (Å²) in [5.74, 6) is 1.60. The predicted octanol–water partition coefficient (Wildman–Crippen LogP) is 1.93. The van der Waals surface area contributed by atoms with Gasteiger partial charge in [0.05, 0.1) is 17.5 Å². The monoisotopic (exact) mass is 248 g/mol. The molecule has 0 atom stereocenters. The molecule has 0 unspecified atom stereocenters. The van der Waals surface area contributed by atoms with Gasteiger partial charge in [0.2, 0.25) is 0 Å². The van der Waals surface area contributed by atoms with Crippen LogP contribution in [0.2, 0.25) is 0 Å². The first-order chi connectivity index (χ1) is 8.70. The van der Waals surface area contributed by atoms with E-state index in [1.165, 1.54) is 0 Å². The van der Waals surface area contributed by atoms with E-state index in [2.05, 4.69) is 22.3 Å². The van der Waals surface area contributed by atoms with Crippen LogP contribution in [0.3, 0.4) is 0 Å². The normalized spacial score (nSPS) is 11.1. The van der Waals surface area contributed by atoms with Crippen molar-refractivity contribution >= 4 is 0 Å². The number of oxazole rings is 1. The number of aryl methyl sites for hydroxylation is 3. The van der Waals surface area contributed by atoms with E-state index in [-0.39, 0.29) is 0 Å². The van der Waals surface area contributed by atoms with Crippen LogP contribution in [0.15, 0.2) is 16.8 Å². The number of rotatable bonds is 6. The van der Waals surface area contributed by atoms with E-state index in [0.29, 0.717) is 0 Å².